The van der Waals surface area contributed by atoms with Gasteiger partial charge in [0.15, 0.2) is 0 Å². The van der Waals surface area contributed by atoms with Crippen LogP contribution in [-0.4, -0.2) is 10.7 Å². The molecule has 1 saturated heterocycles. The highest BCUT2D eigenvalue weighted by Crippen LogP contribution is 2.57. The van der Waals surface area contributed by atoms with Crippen molar-refractivity contribution in [1.29, 1.82) is 0 Å². The lowest BCUT2D eigenvalue weighted by Gasteiger charge is -2.60. The number of nitrogens with zero attached hydrogens (tertiary/aromatic N) is 2. The van der Waals surface area contributed by atoms with Crippen molar-refractivity contribution in [2.24, 2.45) is 4.99 Å². The molecule has 0 amide bonds. The maximum Gasteiger partial charge on any atom is 0.119 e. The molecule has 2 aromatic carbocycles. The number of rotatable bonds is 3. The van der Waals surface area contributed by atoms with Crippen LogP contribution in [0.2, 0.25) is 0 Å². The number of thiophene rings is 1. The number of amidine groups is 1. The van der Waals surface area contributed by atoms with E-state index in [1.165, 1.54) is 22.5 Å². The molecule has 0 N–H and O–H groups in total. The molecule has 1 aromatic heterocycles. The molecule has 3 heterocycles. The lowest BCUT2D eigenvalue weighted by molar-refractivity contribution is 0.128. The Bertz CT molecular complexity index is 930. The molecule has 124 valence electrons. The van der Waals surface area contributed by atoms with Crippen molar-refractivity contribution in [3.8, 4) is 0 Å². The van der Waals surface area contributed by atoms with Crippen LogP contribution in [0.25, 0.3) is 0 Å². The van der Waals surface area contributed by atoms with Gasteiger partial charge in [-0.1, -0.05) is 55.5 Å². The first-order valence-electron chi connectivity index (χ1n) is 8.86. The fourth-order valence-electron chi connectivity index (χ4n) is 4.56. The second-order valence-corrected chi connectivity index (χ2v) is 7.62. The van der Waals surface area contributed by atoms with Crippen LogP contribution in [-0.2, 0) is 12.0 Å². The zero-order valence-electron chi connectivity index (χ0n) is 14.2. The summed E-state index contributed by atoms with van der Waals surface area (Å²) in [4.78, 5) is 7.62. The minimum Gasteiger partial charge on any atom is -0.346 e. The number of para-hydroxylation sites is 1. The van der Waals surface area contributed by atoms with Gasteiger partial charge < -0.3 is 4.90 Å². The summed E-state index contributed by atoms with van der Waals surface area (Å²) in [5.41, 5.74) is 5.21. The van der Waals surface area contributed by atoms with E-state index in [0.717, 1.165) is 18.7 Å². The Labute approximate surface area is 152 Å². The van der Waals surface area contributed by atoms with Crippen molar-refractivity contribution < 1.29 is 0 Å². The average Bonchev–Trinajstić information content (AvgIpc) is 3.18. The molecular formula is C22H20N2S. The van der Waals surface area contributed by atoms with Gasteiger partial charge in [-0.3, -0.25) is 0 Å². The first-order valence-corrected chi connectivity index (χ1v) is 9.80. The third-order valence-electron chi connectivity index (χ3n) is 5.71. The van der Waals surface area contributed by atoms with Crippen LogP contribution in [0.15, 0.2) is 76.4 Å². The molecule has 2 aliphatic heterocycles. The molecule has 0 unspecified atom stereocenters. The maximum absolute atomic E-state index is 5.12. The lowest BCUT2D eigenvalue weighted by Crippen LogP contribution is -2.66. The van der Waals surface area contributed by atoms with Crippen molar-refractivity contribution in [3.63, 3.8) is 0 Å². The maximum atomic E-state index is 5.12. The molecule has 0 spiro atoms. The van der Waals surface area contributed by atoms with E-state index in [0.29, 0.717) is 6.04 Å². The van der Waals surface area contributed by atoms with Crippen molar-refractivity contribution in [3.05, 3.63) is 88.1 Å². The van der Waals surface area contributed by atoms with Crippen LogP contribution in [0.4, 0.5) is 5.69 Å². The van der Waals surface area contributed by atoms with E-state index in [-0.39, 0.29) is 5.41 Å². The minimum atomic E-state index is -0.0319. The molecule has 1 fully saturated rings. The second-order valence-electron chi connectivity index (χ2n) is 6.84. The number of hydrogen-bond acceptors (Lipinski definition) is 3. The molecule has 3 aromatic rings. The molecule has 2 atom stereocenters. The number of benzene rings is 2. The van der Waals surface area contributed by atoms with Gasteiger partial charge in [-0.15, -0.1) is 0 Å². The third kappa shape index (κ3) is 1.99. The SMILES string of the molecule is CC[C@]1(c2ccccc2)C2=Nc3ccccc3CN2[C@H]1c1ccsc1. The number of fused-ring (bicyclic) bond motifs is 2. The van der Waals surface area contributed by atoms with E-state index < -0.39 is 0 Å². The van der Waals surface area contributed by atoms with Crippen LogP contribution in [0.5, 0.6) is 0 Å². The van der Waals surface area contributed by atoms with Gasteiger partial charge >= 0.3 is 0 Å². The van der Waals surface area contributed by atoms with E-state index in [4.69, 9.17) is 4.99 Å². The van der Waals surface area contributed by atoms with E-state index in [2.05, 4.69) is 83.2 Å². The average molecular weight is 344 g/mol. The molecule has 25 heavy (non-hydrogen) atoms. The van der Waals surface area contributed by atoms with Crippen LogP contribution in [0, 0.1) is 0 Å². The Morgan fingerprint density at radius 1 is 1.08 bits per heavy atom. The summed E-state index contributed by atoms with van der Waals surface area (Å²) in [5.74, 6) is 1.23. The minimum absolute atomic E-state index is 0.0319. The van der Waals surface area contributed by atoms with Crippen LogP contribution in [0.3, 0.4) is 0 Å². The third-order valence-corrected chi connectivity index (χ3v) is 6.42. The zero-order chi connectivity index (χ0) is 16.9. The summed E-state index contributed by atoms with van der Waals surface area (Å²) < 4.78 is 0. The summed E-state index contributed by atoms with van der Waals surface area (Å²) in [5, 5.41) is 4.49. The summed E-state index contributed by atoms with van der Waals surface area (Å²) in [6.07, 6.45) is 1.05. The molecule has 0 saturated carbocycles. The molecule has 2 aliphatic rings. The monoisotopic (exact) mass is 344 g/mol. The Kier molecular flexibility index (Phi) is 3.32. The van der Waals surface area contributed by atoms with Gasteiger partial charge in [0.1, 0.15) is 5.84 Å². The van der Waals surface area contributed by atoms with E-state index in [9.17, 15) is 0 Å². The Morgan fingerprint density at radius 2 is 1.88 bits per heavy atom. The van der Waals surface area contributed by atoms with Gasteiger partial charge in [0.05, 0.1) is 17.1 Å². The molecule has 0 aliphatic carbocycles. The van der Waals surface area contributed by atoms with Gasteiger partial charge in [-0.25, -0.2) is 4.99 Å². The Balaban J connectivity index is 1.73. The predicted octanol–water partition coefficient (Wildman–Crippen LogP) is 5.70. The summed E-state index contributed by atoms with van der Waals surface area (Å²) in [6.45, 7) is 3.25. The second kappa shape index (κ2) is 5.57. The van der Waals surface area contributed by atoms with Crippen molar-refractivity contribution in [1.82, 2.24) is 4.90 Å². The standard InChI is InChI=1S/C22H20N2S/c1-2-22(18-9-4-3-5-10-18)20(17-12-13-25-15-17)24-14-16-8-6-7-11-19(16)23-21(22)24/h3-13,15,20H,2,14H2,1H3/t20-,22+/m0/s1. The fraction of sp³-hybridized carbons (Fsp3) is 0.227. The van der Waals surface area contributed by atoms with Crippen LogP contribution in [0.1, 0.15) is 36.1 Å². The molecule has 0 radical (unpaired) electrons. The Hall–Kier alpha value is -2.39. The molecule has 2 nitrogen and oxygen atoms in total. The van der Waals surface area contributed by atoms with Gasteiger partial charge in [0, 0.05) is 6.54 Å². The Morgan fingerprint density at radius 3 is 2.64 bits per heavy atom. The smallest absolute Gasteiger partial charge is 0.119 e. The number of aliphatic imine (C=N–C) groups is 1. The highest BCUT2D eigenvalue weighted by molar-refractivity contribution is 7.08. The van der Waals surface area contributed by atoms with Gasteiger partial charge in [-0.2, -0.15) is 11.3 Å². The topological polar surface area (TPSA) is 15.6 Å². The molecule has 0 bridgehead atoms. The highest BCUT2D eigenvalue weighted by atomic mass is 32.1. The summed E-state index contributed by atoms with van der Waals surface area (Å²) >= 11 is 1.78. The van der Waals surface area contributed by atoms with Gasteiger partial charge in [0.25, 0.3) is 0 Å². The van der Waals surface area contributed by atoms with E-state index in [1.54, 1.807) is 11.3 Å². The quantitative estimate of drug-likeness (QED) is 0.595. The highest BCUT2D eigenvalue weighted by Gasteiger charge is 2.59. The van der Waals surface area contributed by atoms with E-state index >= 15 is 0 Å². The summed E-state index contributed by atoms with van der Waals surface area (Å²) in [6, 6.07) is 22.1. The van der Waals surface area contributed by atoms with Crippen LogP contribution >= 0.6 is 11.3 Å². The van der Waals surface area contributed by atoms with Crippen molar-refractivity contribution in [2.75, 3.05) is 0 Å². The first-order chi connectivity index (χ1) is 12.3. The molecule has 5 rings (SSSR count). The van der Waals surface area contributed by atoms with E-state index in [1.807, 2.05) is 0 Å². The first kappa shape index (κ1) is 14.9. The molecule has 3 heteroatoms. The number of hydrogen-bond donors (Lipinski definition) is 0. The fourth-order valence-corrected chi connectivity index (χ4v) is 5.23. The summed E-state index contributed by atoms with van der Waals surface area (Å²) in [7, 11) is 0. The van der Waals surface area contributed by atoms with Gasteiger partial charge in [0.2, 0.25) is 0 Å². The van der Waals surface area contributed by atoms with Crippen molar-refractivity contribution >= 4 is 22.9 Å². The lowest BCUT2D eigenvalue weighted by atomic mass is 9.61. The van der Waals surface area contributed by atoms with Crippen molar-refractivity contribution in [2.45, 2.75) is 31.3 Å². The predicted molar refractivity (Wildman–Crippen MR) is 105 cm³/mol. The molecular weight excluding hydrogens is 324 g/mol. The largest absolute Gasteiger partial charge is 0.346 e. The van der Waals surface area contributed by atoms with Gasteiger partial charge in [-0.05, 0) is 46.0 Å². The zero-order valence-corrected chi connectivity index (χ0v) is 15.0. The normalized spacial score (nSPS) is 24.1. The van der Waals surface area contributed by atoms with Crippen LogP contribution < -0.4 is 0 Å².